The molecule has 0 saturated heterocycles. The van der Waals surface area contributed by atoms with E-state index in [-0.39, 0.29) is 12.6 Å². The number of hydrogen-bond acceptors (Lipinski definition) is 3. The summed E-state index contributed by atoms with van der Waals surface area (Å²) < 4.78 is 43.1. The zero-order valence-electron chi connectivity index (χ0n) is 12.1. The van der Waals surface area contributed by atoms with Crippen LogP contribution in [-0.4, -0.2) is 43.9 Å². The maximum Gasteiger partial charge on any atom is 0.401 e. The number of alkyl halides is 3. The lowest BCUT2D eigenvalue weighted by atomic mass is 10.2. The van der Waals surface area contributed by atoms with Crippen LogP contribution in [0.1, 0.15) is 18.4 Å². The van der Waals surface area contributed by atoms with Gasteiger partial charge in [0.25, 0.3) is 0 Å². The van der Waals surface area contributed by atoms with Crippen molar-refractivity contribution in [1.29, 1.82) is 0 Å². The van der Waals surface area contributed by atoms with E-state index < -0.39 is 12.7 Å². The predicted molar refractivity (Wildman–Crippen MR) is 75.4 cm³/mol. The van der Waals surface area contributed by atoms with E-state index in [4.69, 9.17) is 4.74 Å². The number of nitrogens with one attached hydrogen (secondary N) is 1. The molecule has 0 aromatic heterocycles. The Balaban J connectivity index is 1.80. The quantitative estimate of drug-likeness (QED) is 0.799. The summed E-state index contributed by atoms with van der Waals surface area (Å²) in [5, 5.41) is 3.05. The minimum atomic E-state index is -4.14. The van der Waals surface area contributed by atoms with Gasteiger partial charge in [-0.25, -0.2) is 0 Å². The van der Waals surface area contributed by atoms with Gasteiger partial charge < -0.3 is 10.1 Å². The molecule has 1 fully saturated rings. The highest BCUT2D eigenvalue weighted by molar-refractivity contribution is 5.28. The number of ether oxygens (including phenoxy) is 1. The smallest absolute Gasteiger partial charge is 0.401 e. The highest BCUT2D eigenvalue weighted by Crippen LogP contribution is 2.29. The predicted octanol–water partition coefficient (Wildman–Crippen LogP) is 2.81. The molecule has 0 amide bonds. The molecule has 1 N–H and O–H groups in total. The van der Waals surface area contributed by atoms with Crippen molar-refractivity contribution < 1.29 is 17.9 Å². The Labute approximate surface area is 123 Å². The van der Waals surface area contributed by atoms with E-state index in [9.17, 15) is 13.2 Å². The van der Waals surface area contributed by atoms with Gasteiger partial charge in [0.05, 0.1) is 6.54 Å². The molecule has 0 heterocycles. The van der Waals surface area contributed by atoms with Crippen LogP contribution in [0, 0.1) is 0 Å². The van der Waals surface area contributed by atoms with Gasteiger partial charge in [-0.1, -0.05) is 12.1 Å². The molecule has 2 rings (SSSR count). The summed E-state index contributed by atoms with van der Waals surface area (Å²) in [7, 11) is 1.86. The van der Waals surface area contributed by atoms with E-state index in [0.29, 0.717) is 12.3 Å². The maximum atomic E-state index is 12.5. The SMILES string of the molecule is CNCc1cccc(OCCN(CC(F)(F)F)C2CC2)c1. The first-order valence-electron chi connectivity index (χ1n) is 7.15. The first-order chi connectivity index (χ1) is 9.98. The Morgan fingerprint density at radius 2 is 2.10 bits per heavy atom. The van der Waals surface area contributed by atoms with Crippen molar-refractivity contribution in [2.75, 3.05) is 26.7 Å². The number of rotatable bonds is 8. The fourth-order valence-corrected chi connectivity index (χ4v) is 2.29. The second-order valence-corrected chi connectivity index (χ2v) is 5.34. The van der Waals surface area contributed by atoms with E-state index in [1.807, 2.05) is 31.3 Å². The molecule has 1 saturated carbocycles. The van der Waals surface area contributed by atoms with Gasteiger partial charge in [-0.2, -0.15) is 13.2 Å². The molecule has 21 heavy (non-hydrogen) atoms. The summed E-state index contributed by atoms with van der Waals surface area (Å²) in [5.41, 5.74) is 1.09. The third kappa shape index (κ3) is 5.93. The molecule has 3 nitrogen and oxygen atoms in total. The van der Waals surface area contributed by atoms with Crippen molar-refractivity contribution in [3.63, 3.8) is 0 Å². The van der Waals surface area contributed by atoms with Gasteiger partial charge in [0, 0.05) is 19.1 Å². The summed E-state index contributed by atoms with van der Waals surface area (Å²) in [6.07, 6.45) is -2.43. The van der Waals surface area contributed by atoms with Crippen LogP contribution in [0.3, 0.4) is 0 Å². The lowest BCUT2D eigenvalue weighted by molar-refractivity contribution is -0.147. The van der Waals surface area contributed by atoms with Gasteiger partial charge in [-0.15, -0.1) is 0 Å². The van der Waals surface area contributed by atoms with Gasteiger partial charge in [0.15, 0.2) is 0 Å². The van der Waals surface area contributed by atoms with Crippen LogP contribution < -0.4 is 10.1 Å². The highest BCUT2D eigenvalue weighted by Gasteiger charge is 2.37. The lowest BCUT2D eigenvalue weighted by Gasteiger charge is -2.23. The summed E-state index contributed by atoms with van der Waals surface area (Å²) in [4.78, 5) is 1.47. The molecular formula is C15H21F3N2O. The van der Waals surface area contributed by atoms with Crippen LogP contribution in [0.2, 0.25) is 0 Å². The van der Waals surface area contributed by atoms with Crippen LogP contribution in [0.5, 0.6) is 5.75 Å². The molecule has 0 spiro atoms. The normalized spacial score (nSPS) is 15.5. The van der Waals surface area contributed by atoms with Crippen LogP contribution in [-0.2, 0) is 6.54 Å². The highest BCUT2D eigenvalue weighted by atomic mass is 19.4. The Morgan fingerprint density at radius 3 is 2.71 bits per heavy atom. The van der Waals surface area contributed by atoms with E-state index in [1.165, 1.54) is 4.90 Å². The Hall–Kier alpha value is -1.27. The molecule has 0 unspecified atom stereocenters. The average molecular weight is 302 g/mol. The Bertz CT molecular complexity index is 447. The molecule has 1 aromatic carbocycles. The molecule has 0 bridgehead atoms. The van der Waals surface area contributed by atoms with Gasteiger partial charge in [-0.3, -0.25) is 4.90 Å². The zero-order valence-corrected chi connectivity index (χ0v) is 12.1. The van der Waals surface area contributed by atoms with Crippen molar-refractivity contribution in [1.82, 2.24) is 10.2 Å². The topological polar surface area (TPSA) is 24.5 Å². The zero-order chi connectivity index (χ0) is 15.3. The first-order valence-corrected chi connectivity index (χ1v) is 7.15. The maximum absolute atomic E-state index is 12.5. The summed E-state index contributed by atoms with van der Waals surface area (Å²) >= 11 is 0. The molecule has 0 aliphatic heterocycles. The third-order valence-corrected chi connectivity index (χ3v) is 3.37. The molecule has 118 valence electrons. The number of benzene rings is 1. The molecule has 0 atom stereocenters. The fraction of sp³-hybridized carbons (Fsp3) is 0.600. The summed E-state index contributed by atoms with van der Waals surface area (Å²) in [6.45, 7) is 0.469. The van der Waals surface area contributed by atoms with Crippen molar-refractivity contribution >= 4 is 0 Å². The minimum absolute atomic E-state index is 0.0749. The largest absolute Gasteiger partial charge is 0.492 e. The second-order valence-electron chi connectivity index (χ2n) is 5.34. The van der Waals surface area contributed by atoms with E-state index >= 15 is 0 Å². The number of hydrogen-bond donors (Lipinski definition) is 1. The second kappa shape index (κ2) is 7.13. The standard InChI is InChI=1S/C15H21F3N2O/c1-19-10-12-3-2-4-14(9-12)21-8-7-20(13-5-6-13)11-15(16,17)18/h2-4,9,13,19H,5-8,10-11H2,1H3. The molecule has 6 heteroatoms. The Kier molecular flexibility index (Phi) is 5.47. The minimum Gasteiger partial charge on any atom is -0.492 e. The van der Waals surface area contributed by atoms with Crippen molar-refractivity contribution in [2.24, 2.45) is 0 Å². The molecule has 0 radical (unpaired) electrons. The summed E-state index contributed by atoms with van der Waals surface area (Å²) in [5.74, 6) is 0.700. The van der Waals surface area contributed by atoms with Crippen molar-refractivity contribution in [3.05, 3.63) is 29.8 Å². The molecule has 1 aliphatic carbocycles. The fourth-order valence-electron chi connectivity index (χ4n) is 2.29. The van der Waals surface area contributed by atoms with Crippen molar-refractivity contribution in [2.45, 2.75) is 31.6 Å². The van der Waals surface area contributed by atoms with Crippen LogP contribution in [0.15, 0.2) is 24.3 Å². The molecule has 1 aliphatic rings. The molecular weight excluding hydrogens is 281 g/mol. The first kappa shape index (κ1) is 16.1. The Morgan fingerprint density at radius 1 is 1.33 bits per heavy atom. The lowest BCUT2D eigenvalue weighted by Crippen LogP contribution is -2.38. The van der Waals surface area contributed by atoms with Crippen LogP contribution in [0.4, 0.5) is 13.2 Å². The third-order valence-electron chi connectivity index (χ3n) is 3.37. The van der Waals surface area contributed by atoms with Gasteiger partial charge in [0.1, 0.15) is 12.4 Å². The van der Waals surface area contributed by atoms with E-state index in [1.54, 1.807) is 0 Å². The van der Waals surface area contributed by atoms with E-state index in [2.05, 4.69) is 5.32 Å². The van der Waals surface area contributed by atoms with Crippen molar-refractivity contribution in [3.8, 4) is 5.75 Å². The van der Waals surface area contributed by atoms with Crippen LogP contribution in [0.25, 0.3) is 0 Å². The summed E-state index contributed by atoms with van der Waals surface area (Å²) in [6, 6.07) is 7.66. The van der Waals surface area contributed by atoms with Crippen LogP contribution >= 0.6 is 0 Å². The van der Waals surface area contributed by atoms with Gasteiger partial charge in [-0.05, 0) is 37.6 Å². The number of halogens is 3. The van der Waals surface area contributed by atoms with Gasteiger partial charge in [0.2, 0.25) is 0 Å². The monoisotopic (exact) mass is 302 g/mol. The average Bonchev–Trinajstić information content (AvgIpc) is 3.21. The van der Waals surface area contributed by atoms with E-state index in [0.717, 1.165) is 24.9 Å². The number of nitrogens with zero attached hydrogens (tertiary/aromatic N) is 1. The molecule has 1 aromatic rings. The van der Waals surface area contributed by atoms with Gasteiger partial charge >= 0.3 is 6.18 Å².